The number of benzene rings is 1. The quantitative estimate of drug-likeness (QED) is 0.928. The van der Waals surface area contributed by atoms with Crippen LogP contribution in [0.25, 0.3) is 0 Å². The lowest BCUT2D eigenvalue weighted by molar-refractivity contribution is 0.0713. The summed E-state index contributed by atoms with van der Waals surface area (Å²) in [5, 5.41) is 9.89. The fourth-order valence-corrected chi connectivity index (χ4v) is 2.84. The van der Waals surface area contributed by atoms with Gasteiger partial charge in [-0.2, -0.15) is 0 Å². The van der Waals surface area contributed by atoms with Crippen LogP contribution in [0.3, 0.4) is 0 Å². The maximum atomic E-state index is 13.4. The van der Waals surface area contributed by atoms with Crippen molar-refractivity contribution in [2.45, 2.75) is 25.5 Å². The molecule has 0 radical (unpaired) electrons. The molecule has 116 valence electrons. The first-order chi connectivity index (χ1) is 10.5. The molecule has 2 atom stereocenters. The van der Waals surface area contributed by atoms with Crippen LogP contribution >= 0.6 is 0 Å². The standard InChI is InChI=1S/C16H15F2NO3/c1-9-12(4-5-22-9)16(21)19-8-11(20)7-15(19)10-2-3-13(17)14(18)6-10/h2-6,11,15,20H,7-8H2,1H3/t11-,15+/m1/s1. The fraction of sp³-hybridized carbons (Fsp3) is 0.312. The van der Waals surface area contributed by atoms with E-state index in [0.29, 0.717) is 16.9 Å². The summed E-state index contributed by atoms with van der Waals surface area (Å²) in [6, 6.07) is 4.60. The number of aliphatic hydroxyl groups is 1. The number of rotatable bonds is 2. The third-order valence-electron chi connectivity index (χ3n) is 3.96. The summed E-state index contributed by atoms with van der Waals surface area (Å²) in [4.78, 5) is 14.1. The second-order valence-electron chi connectivity index (χ2n) is 5.43. The Hall–Kier alpha value is -2.21. The zero-order valence-electron chi connectivity index (χ0n) is 11.9. The number of β-amino-alcohol motifs (C(OH)–C–C–N with tert-alkyl or cyclic N) is 1. The van der Waals surface area contributed by atoms with E-state index in [1.165, 1.54) is 17.2 Å². The van der Waals surface area contributed by atoms with Gasteiger partial charge in [-0.15, -0.1) is 0 Å². The Morgan fingerprint density at radius 1 is 1.32 bits per heavy atom. The minimum Gasteiger partial charge on any atom is -0.469 e. The molecular weight excluding hydrogens is 292 g/mol. The Kier molecular flexibility index (Phi) is 3.70. The second-order valence-corrected chi connectivity index (χ2v) is 5.43. The zero-order chi connectivity index (χ0) is 15.9. The highest BCUT2D eigenvalue weighted by Crippen LogP contribution is 2.34. The van der Waals surface area contributed by atoms with Crippen molar-refractivity contribution in [2.24, 2.45) is 0 Å². The Labute approximate surface area is 126 Å². The topological polar surface area (TPSA) is 53.7 Å². The summed E-state index contributed by atoms with van der Waals surface area (Å²) >= 11 is 0. The van der Waals surface area contributed by atoms with Crippen molar-refractivity contribution in [1.82, 2.24) is 4.90 Å². The average molecular weight is 307 g/mol. The van der Waals surface area contributed by atoms with Crippen LogP contribution in [0, 0.1) is 18.6 Å². The van der Waals surface area contributed by atoms with Gasteiger partial charge in [0.15, 0.2) is 11.6 Å². The van der Waals surface area contributed by atoms with Gasteiger partial charge in [0, 0.05) is 6.54 Å². The van der Waals surface area contributed by atoms with Crippen molar-refractivity contribution in [1.29, 1.82) is 0 Å². The number of carbonyl (C=O) groups excluding carboxylic acids is 1. The number of amides is 1. The van der Waals surface area contributed by atoms with E-state index in [4.69, 9.17) is 4.42 Å². The molecule has 3 rings (SSSR count). The number of nitrogens with zero attached hydrogens (tertiary/aromatic N) is 1. The molecule has 6 heteroatoms. The van der Waals surface area contributed by atoms with Crippen LogP contribution in [0.5, 0.6) is 0 Å². The Balaban J connectivity index is 1.94. The molecule has 0 aliphatic carbocycles. The second kappa shape index (κ2) is 5.53. The normalized spacial score (nSPS) is 21.4. The first kappa shape index (κ1) is 14.7. The van der Waals surface area contributed by atoms with E-state index in [-0.39, 0.29) is 18.9 Å². The third kappa shape index (κ3) is 2.50. The predicted molar refractivity (Wildman–Crippen MR) is 74.2 cm³/mol. The number of aliphatic hydroxyl groups excluding tert-OH is 1. The highest BCUT2D eigenvalue weighted by molar-refractivity contribution is 5.95. The van der Waals surface area contributed by atoms with E-state index < -0.39 is 23.8 Å². The number of halogens is 2. The number of hydrogen-bond donors (Lipinski definition) is 1. The van der Waals surface area contributed by atoms with E-state index in [1.54, 1.807) is 13.0 Å². The lowest BCUT2D eigenvalue weighted by atomic mass is 10.0. The highest BCUT2D eigenvalue weighted by atomic mass is 19.2. The van der Waals surface area contributed by atoms with E-state index >= 15 is 0 Å². The van der Waals surface area contributed by atoms with E-state index in [9.17, 15) is 18.7 Å². The predicted octanol–water partition coefficient (Wildman–Crippen LogP) is 2.81. The number of likely N-dealkylation sites (tertiary alicyclic amines) is 1. The lowest BCUT2D eigenvalue weighted by Gasteiger charge is -2.24. The smallest absolute Gasteiger partial charge is 0.257 e. The van der Waals surface area contributed by atoms with Crippen LogP contribution in [0.15, 0.2) is 34.9 Å². The molecule has 22 heavy (non-hydrogen) atoms. The molecule has 2 aromatic rings. The first-order valence-corrected chi connectivity index (χ1v) is 6.95. The minimum atomic E-state index is -0.967. The van der Waals surface area contributed by atoms with E-state index in [0.717, 1.165) is 12.1 Å². The largest absolute Gasteiger partial charge is 0.469 e. The molecule has 1 N–H and O–H groups in total. The average Bonchev–Trinajstić information content (AvgIpc) is 3.07. The van der Waals surface area contributed by atoms with Crippen molar-refractivity contribution in [2.75, 3.05) is 6.54 Å². The molecule has 1 aliphatic heterocycles. The van der Waals surface area contributed by atoms with E-state index in [1.807, 2.05) is 0 Å². The molecule has 0 unspecified atom stereocenters. The third-order valence-corrected chi connectivity index (χ3v) is 3.96. The summed E-state index contributed by atoms with van der Waals surface area (Å²) in [5.41, 5.74) is 0.867. The molecule has 1 aromatic carbocycles. The fourth-order valence-electron chi connectivity index (χ4n) is 2.84. The molecule has 0 spiro atoms. The number of aryl methyl sites for hydroxylation is 1. The number of furan rings is 1. The molecule has 1 fully saturated rings. The summed E-state index contributed by atoms with van der Waals surface area (Å²) in [6.07, 6.45) is 1.00. The molecule has 1 amide bonds. The zero-order valence-corrected chi connectivity index (χ0v) is 11.9. The highest BCUT2D eigenvalue weighted by Gasteiger charge is 2.36. The van der Waals surface area contributed by atoms with Gasteiger partial charge in [0.05, 0.1) is 24.0 Å². The monoisotopic (exact) mass is 307 g/mol. The minimum absolute atomic E-state index is 0.146. The van der Waals surface area contributed by atoms with Gasteiger partial charge in [0.25, 0.3) is 5.91 Å². The molecule has 0 saturated carbocycles. The van der Waals surface area contributed by atoms with Crippen molar-refractivity contribution in [3.63, 3.8) is 0 Å². The van der Waals surface area contributed by atoms with Gasteiger partial charge < -0.3 is 14.4 Å². The van der Waals surface area contributed by atoms with Crippen molar-refractivity contribution in [3.05, 3.63) is 59.1 Å². The maximum absolute atomic E-state index is 13.4. The van der Waals surface area contributed by atoms with Crippen molar-refractivity contribution < 1.29 is 23.1 Å². The van der Waals surface area contributed by atoms with Gasteiger partial charge in [0.2, 0.25) is 0 Å². The molecule has 0 bridgehead atoms. The lowest BCUT2D eigenvalue weighted by Crippen LogP contribution is -2.32. The number of carbonyl (C=O) groups is 1. The van der Waals surface area contributed by atoms with E-state index in [2.05, 4.69) is 0 Å². The van der Waals surface area contributed by atoms with Crippen molar-refractivity contribution in [3.8, 4) is 0 Å². The molecule has 1 aromatic heterocycles. The van der Waals surface area contributed by atoms with Gasteiger partial charge in [-0.1, -0.05) is 6.07 Å². The summed E-state index contributed by atoms with van der Waals surface area (Å²) in [6.45, 7) is 1.82. The molecule has 4 nitrogen and oxygen atoms in total. The van der Waals surface area contributed by atoms with Crippen LogP contribution in [0.1, 0.15) is 34.1 Å². The Morgan fingerprint density at radius 3 is 2.73 bits per heavy atom. The molecular formula is C16H15F2NO3. The Morgan fingerprint density at radius 2 is 2.09 bits per heavy atom. The number of hydrogen-bond acceptors (Lipinski definition) is 3. The van der Waals surface area contributed by atoms with Crippen LogP contribution in [0.2, 0.25) is 0 Å². The summed E-state index contributed by atoms with van der Waals surface area (Å²) in [7, 11) is 0. The van der Waals surface area contributed by atoms with Gasteiger partial charge >= 0.3 is 0 Å². The molecule has 1 aliphatic rings. The first-order valence-electron chi connectivity index (χ1n) is 6.95. The molecule has 1 saturated heterocycles. The van der Waals surface area contributed by atoms with Crippen molar-refractivity contribution >= 4 is 5.91 Å². The van der Waals surface area contributed by atoms with Gasteiger partial charge in [-0.05, 0) is 37.1 Å². The van der Waals surface area contributed by atoms with Crippen LogP contribution in [0.4, 0.5) is 8.78 Å². The maximum Gasteiger partial charge on any atom is 0.257 e. The van der Waals surface area contributed by atoms with Gasteiger partial charge in [0.1, 0.15) is 5.76 Å². The van der Waals surface area contributed by atoms with Gasteiger partial charge in [-0.3, -0.25) is 4.79 Å². The van der Waals surface area contributed by atoms with Crippen LogP contribution in [-0.4, -0.2) is 28.6 Å². The SMILES string of the molecule is Cc1occc1C(=O)N1C[C@H](O)C[C@H]1c1ccc(F)c(F)c1. The summed E-state index contributed by atoms with van der Waals surface area (Å²) in [5.74, 6) is -1.72. The van der Waals surface area contributed by atoms with Crippen LogP contribution in [-0.2, 0) is 0 Å². The summed E-state index contributed by atoms with van der Waals surface area (Å²) < 4.78 is 31.6. The molecule has 2 heterocycles. The Bertz CT molecular complexity index is 713. The van der Waals surface area contributed by atoms with Gasteiger partial charge in [-0.25, -0.2) is 8.78 Å². The van der Waals surface area contributed by atoms with Crippen LogP contribution < -0.4 is 0 Å².